The number of rotatable bonds is 12. The summed E-state index contributed by atoms with van der Waals surface area (Å²) >= 11 is 6.06. The highest BCUT2D eigenvalue weighted by Crippen LogP contribution is 2.18. The summed E-state index contributed by atoms with van der Waals surface area (Å²) in [4.78, 5) is 28.6. The average molecular weight is 479 g/mol. The molecule has 0 bridgehead atoms. The monoisotopic (exact) mass is 478 g/mol. The normalized spacial score (nSPS) is 11.6. The smallest absolute Gasteiger partial charge is 0.243 e. The molecular formula is C28H31ClN2O3. The zero-order valence-corrected chi connectivity index (χ0v) is 20.2. The third-order valence-corrected chi connectivity index (χ3v) is 5.87. The third kappa shape index (κ3) is 8.01. The van der Waals surface area contributed by atoms with Crippen LogP contribution in [0.5, 0.6) is 0 Å². The molecule has 5 nitrogen and oxygen atoms in total. The van der Waals surface area contributed by atoms with Gasteiger partial charge in [0, 0.05) is 38.1 Å². The molecule has 3 rings (SSSR count). The number of carbonyl (C=O) groups excluding carboxylic acids is 2. The first-order chi connectivity index (χ1) is 16.6. The van der Waals surface area contributed by atoms with Gasteiger partial charge in [0.05, 0.1) is 6.61 Å². The Kier molecular flexibility index (Phi) is 10.1. The van der Waals surface area contributed by atoms with Gasteiger partial charge in [-0.15, -0.1) is 0 Å². The number of nitrogens with one attached hydrogen (secondary N) is 1. The summed E-state index contributed by atoms with van der Waals surface area (Å²) in [5, 5.41) is 3.56. The fourth-order valence-corrected chi connectivity index (χ4v) is 3.90. The van der Waals surface area contributed by atoms with E-state index in [4.69, 9.17) is 16.3 Å². The van der Waals surface area contributed by atoms with E-state index in [0.29, 0.717) is 44.0 Å². The molecule has 2 amide bonds. The molecule has 0 radical (unpaired) electrons. The first kappa shape index (κ1) is 25.5. The van der Waals surface area contributed by atoms with Crippen LogP contribution in [0.3, 0.4) is 0 Å². The number of carbonyl (C=O) groups is 2. The van der Waals surface area contributed by atoms with Crippen molar-refractivity contribution in [1.29, 1.82) is 0 Å². The van der Waals surface area contributed by atoms with Gasteiger partial charge in [-0.2, -0.15) is 0 Å². The summed E-state index contributed by atoms with van der Waals surface area (Å²) in [5.41, 5.74) is 3.00. The second-order valence-corrected chi connectivity index (χ2v) is 8.56. The lowest BCUT2D eigenvalue weighted by atomic mass is 10.0. The minimum Gasteiger partial charge on any atom is -0.383 e. The Hall–Kier alpha value is -3.15. The van der Waals surface area contributed by atoms with Crippen molar-refractivity contribution >= 4 is 23.4 Å². The zero-order valence-electron chi connectivity index (χ0n) is 19.5. The van der Waals surface area contributed by atoms with Gasteiger partial charge in [0.2, 0.25) is 11.8 Å². The van der Waals surface area contributed by atoms with Gasteiger partial charge in [-0.3, -0.25) is 9.59 Å². The summed E-state index contributed by atoms with van der Waals surface area (Å²) in [6, 6.07) is 26.4. The minimum atomic E-state index is -0.654. The Labute approximate surface area is 206 Å². The van der Waals surface area contributed by atoms with Crippen molar-refractivity contribution in [2.75, 3.05) is 20.3 Å². The zero-order chi connectivity index (χ0) is 24.2. The molecule has 6 heteroatoms. The molecule has 3 aromatic carbocycles. The van der Waals surface area contributed by atoms with Crippen molar-refractivity contribution in [3.8, 4) is 0 Å². The van der Waals surface area contributed by atoms with Crippen LogP contribution in [0.15, 0.2) is 84.9 Å². The van der Waals surface area contributed by atoms with Crippen LogP contribution in [0, 0.1) is 0 Å². The first-order valence-electron chi connectivity index (χ1n) is 11.4. The van der Waals surface area contributed by atoms with Crippen LogP contribution in [0.1, 0.15) is 23.1 Å². The number of ether oxygens (including phenoxy) is 1. The molecule has 0 unspecified atom stereocenters. The van der Waals surface area contributed by atoms with E-state index < -0.39 is 6.04 Å². The molecule has 0 aliphatic heterocycles. The predicted molar refractivity (Wildman–Crippen MR) is 136 cm³/mol. The molecule has 0 heterocycles. The summed E-state index contributed by atoms with van der Waals surface area (Å²) in [6.45, 7) is 1.11. The highest BCUT2D eigenvalue weighted by molar-refractivity contribution is 6.30. The fraction of sp³-hybridized carbons (Fsp3) is 0.286. The maximum absolute atomic E-state index is 13.5. The van der Waals surface area contributed by atoms with Gasteiger partial charge in [-0.05, 0) is 35.2 Å². The van der Waals surface area contributed by atoms with E-state index >= 15 is 0 Å². The van der Waals surface area contributed by atoms with E-state index in [1.165, 1.54) is 0 Å². The summed E-state index contributed by atoms with van der Waals surface area (Å²) in [5.74, 6) is -0.260. The van der Waals surface area contributed by atoms with Gasteiger partial charge in [0.1, 0.15) is 6.04 Å². The number of nitrogens with zero attached hydrogens (tertiary/aromatic N) is 1. The summed E-state index contributed by atoms with van der Waals surface area (Å²) < 4.78 is 5.08. The number of halogens is 1. The van der Waals surface area contributed by atoms with Crippen LogP contribution in [0.25, 0.3) is 0 Å². The molecule has 0 saturated carbocycles. The molecule has 1 N–H and O–H groups in total. The SMILES string of the molecule is COCCNC(=O)[C@@H](Cc1ccccc1)N(Cc1ccc(Cl)cc1)C(=O)CCc1ccccc1. The molecule has 0 aliphatic rings. The van der Waals surface area contributed by atoms with Crippen LogP contribution < -0.4 is 5.32 Å². The lowest BCUT2D eigenvalue weighted by Crippen LogP contribution is -2.51. The van der Waals surface area contributed by atoms with Crippen molar-refractivity contribution in [1.82, 2.24) is 10.2 Å². The number of hydrogen-bond donors (Lipinski definition) is 1. The van der Waals surface area contributed by atoms with Crippen LogP contribution >= 0.6 is 11.6 Å². The highest BCUT2D eigenvalue weighted by atomic mass is 35.5. The Morgan fingerprint density at radius 1 is 0.882 bits per heavy atom. The maximum atomic E-state index is 13.5. The van der Waals surface area contributed by atoms with Crippen molar-refractivity contribution in [2.45, 2.75) is 31.8 Å². The van der Waals surface area contributed by atoms with E-state index in [-0.39, 0.29) is 11.8 Å². The molecule has 0 aliphatic carbocycles. The average Bonchev–Trinajstić information content (AvgIpc) is 2.87. The number of methoxy groups -OCH3 is 1. The molecule has 0 spiro atoms. The lowest BCUT2D eigenvalue weighted by molar-refractivity contribution is -0.141. The van der Waals surface area contributed by atoms with Gasteiger partial charge in [0.15, 0.2) is 0 Å². The molecule has 3 aromatic rings. The number of benzene rings is 3. The van der Waals surface area contributed by atoms with Crippen molar-refractivity contribution in [3.05, 3.63) is 107 Å². The van der Waals surface area contributed by atoms with Crippen LogP contribution in [-0.2, 0) is 33.7 Å². The van der Waals surface area contributed by atoms with Gasteiger partial charge in [-0.25, -0.2) is 0 Å². The van der Waals surface area contributed by atoms with Crippen LogP contribution in [0.2, 0.25) is 5.02 Å². The largest absolute Gasteiger partial charge is 0.383 e. The number of aryl methyl sites for hydroxylation is 1. The minimum absolute atomic E-state index is 0.0679. The maximum Gasteiger partial charge on any atom is 0.243 e. The van der Waals surface area contributed by atoms with Crippen LogP contribution in [0.4, 0.5) is 0 Å². The van der Waals surface area contributed by atoms with Crippen molar-refractivity contribution < 1.29 is 14.3 Å². The fourth-order valence-electron chi connectivity index (χ4n) is 3.77. The van der Waals surface area contributed by atoms with Crippen LogP contribution in [-0.4, -0.2) is 43.0 Å². The Morgan fingerprint density at radius 2 is 1.50 bits per heavy atom. The summed E-state index contributed by atoms with van der Waals surface area (Å²) in [6.07, 6.45) is 1.35. The van der Waals surface area contributed by atoms with E-state index in [0.717, 1.165) is 16.7 Å². The second-order valence-electron chi connectivity index (χ2n) is 8.12. The van der Waals surface area contributed by atoms with Crippen molar-refractivity contribution in [3.63, 3.8) is 0 Å². The van der Waals surface area contributed by atoms with Crippen molar-refractivity contribution in [2.24, 2.45) is 0 Å². The predicted octanol–water partition coefficient (Wildman–Crippen LogP) is 4.68. The Balaban J connectivity index is 1.86. The Bertz CT molecular complexity index is 1030. The molecule has 0 aromatic heterocycles. The number of hydrogen-bond acceptors (Lipinski definition) is 3. The molecule has 0 fully saturated rings. The van der Waals surface area contributed by atoms with Gasteiger partial charge in [-0.1, -0.05) is 84.4 Å². The lowest BCUT2D eigenvalue weighted by Gasteiger charge is -2.31. The first-order valence-corrected chi connectivity index (χ1v) is 11.8. The van der Waals surface area contributed by atoms with E-state index in [1.54, 1.807) is 24.1 Å². The third-order valence-electron chi connectivity index (χ3n) is 5.61. The quantitative estimate of drug-likeness (QED) is 0.385. The number of amides is 2. The van der Waals surface area contributed by atoms with Gasteiger partial charge in [0.25, 0.3) is 0 Å². The molecule has 34 heavy (non-hydrogen) atoms. The molecule has 178 valence electrons. The highest BCUT2D eigenvalue weighted by Gasteiger charge is 2.30. The van der Waals surface area contributed by atoms with E-state index in [1.807, 2.05) is 72.8 Å². The summed E-state index contributed by atoms with van der Waals surface area (Å²) in [7, 11) is 1.59. The topological polar surface area (TPSA) is 58.6 Å². The molecule has 0 saturated heterocycles. The standard InChI is InChI=1S/C28H31ClN2O3/c1-34-19-18-30-28(33)26(20-23-10-6-3-7-11-23)31(21-24-12-15-25(29)16-13-24)27(32)17-14-22-8-4-2-5-9-22/h2-13,15-16,26H,14,17-21H2,1H3,(H,30,33)/t26-/m1/s1. The molecular weight excluding hydrogens is 448 g/mol. The van der Waals surface area contributed by atoms with E-state index in [2.05, 4.69) is 5.32 Å². The Morgan fingerprint density at radius 3 is 2.12 bits per heavy atom. The van der Waals surface area contributed by atoms with E-state index in [9.17, 15) is 9.59 Å². The molecule has 1 atom stereocenters. The van der Waals surface area contributed by atoms with Gasteiger partial charge >= 0.3 is 0 Å². The van der Waals surface area contributed by atoms with Gasteiger partial charge < -0.3 is 15.0 Å². The second kappa shape index (κ2) is 13.5.